The molecule has 4 N–H and O–H groups in total. The first-order valence-electron chi connectivity index (χ1n) is 3.99. The Balaban J connectivity index is 3.24. The van der Waals surface area contributed by atoms with Gasteiger partial charge in [-0.05, 0) is 6.42 Å². The van der Waals surface area contributed by atoms with Crippen LogP contribution in [0.4, 0.5) is 5.82 Å². The van der Waals surface area contributed by atoms with Gasteiger partial charge >= 0.3 is 5.69 Å². The van der Waals surface area contributed by atoms with Gasteiger partial charge in [-0.3, -0.25) is 14.3 Å². The van der Waals surface area contributed by atoms with Gasteiger partial charge in [-0.1, -0.05) is 6.92 Å². The third-order valence-electron chi connectivity index (χ3n) is 1.62. The van der Waals surface area contributed by atoms with Gasteiger partial charge in [0.2, 0.25) is 0 Å². The minimum absolute atomic E-state index is 0.224. The minimum Gasteiger partial charge on any atom is -0.310 e. The summed E-state index contributed by atoms with van der Waals surface area (Å²) in [6.07, 6.45) is 0.735. The van der Waals surface area contributed by atoms with Gasteiger partial charge in [0.05, 0.1) is 0 Å². The zero-order chi connectivity index (χ0) is 9.84. The number of aromatic nitrogens is 2. The third kappa shape index (κ3) is 1.97. The molecule has 0 amide bonds. The highest BCUT2D eigenvalue weighted by Crippen LogP contribution is 1.89. The molecule has 0 aliphatic rings. The molecule has 0 aliphatic carbocycles. The number of nitrogens with zero attached hydrogens (tertiary/aromatic N) is 1. The average molecular weight is 184 g/mol. The Morgan fingerprint density at radius 3 is 2.77 bits per heavy atom. The molecule has 0 atom stereocenters. The Morgan fingerprint density at radius 1 is 1.62 bits per heavy atom. The molecule has 0 radical (unpaired) electrons. The number of hydrogen-bond donors (Lipinski definition) is 3. The second-order valence-corrected chi connectivity index (χ2v) is 2.62. The Morgan fingerprint density at radius 2 is 2.31 bits per heavy atom. The summed E-state index contributed by atoms with van der Waals surface area (Å²) in [5.74, 6) is 5.27. The molecule has 0 fully saturated rings. The number of anilines is 1. The molecule has 0 bridgehead atoms. The van der Waals surface area contributed by atoms with Crippen LogP contribution in [0.5, 0.6) is 0 Å². The van der Waals surface area contributed by atoms with Crippen molar-refractivity contribution in [2.24, 2.45) is 5.84 Å². The fourth-order valence-corrected chi connectivity index (χ4v) is 1.03. The first-order valence-corrected chi connectivity index (χ1v) is 3.99. The highest BCUT2D eigenvalue weighted by molar-refractivity contribution is 5.29. The van der Waals surface area contributed by atoms with E-state index in [1.165, 1.54) is 6.07 Å². The molecule has 0 aromatic carbocycles. The van der Waals surface area contributed by atoms with Crippen molar-refractivity contribution in [2.75, 3.05) is 5.43 Å². The maximum absolute atomic E-state index is 11.3. The lowest BCUT2D eigenvalue weighted by molar-refractivity contribution is 0.616. The van der Waals surface area contributed by atoms with Crippen molar-refractivity contribution >= 4 is 5.82 Å². The Kier molecular flexibility index (Phi) is 2.86. The van der Waals surface area contributed by atoms with Gasteiger partial charge in [0.1, 0.15) is 5.82 Å². The topological polar surface area (TPSA) is 92.9 Å². The van der Waals surface area contributed by atoms with E-state index in [4.69, 9.17) is 5.84 Å². The van der Waals surface area contributed by atoms with E-state index < -0.39 is 5.69 Å². The zero-order valence-corrected chi connectivity index (χ0v) is 7.33. The molecule has 0 saturated carbocycles. The Bertz CT molecular complexity index is 361. The molecule has 0 saturated heterocycles. The van der Waals surface area contributed by atoms with Crippen LogP contribution in [0.2, 0.25) is 0 Å². The normalized spacial score (nSPS) is 10.0. The second-order valence-electron chi connectivity index (χ2n) is 2.62. The fraction of sp³-hybridized carbons (Fsp3) is 0.429. The average Bonchev–Trinajstić information content (AvgIpc) is 2.11. The van der Waals surface area contributed by atoms with Crippen molar-refractivity contribution in [2.45, 2.75) is 19.9 Å². The summed E-state index contributed by atoms with van der Waals surface area (Å²) in [7, 11) is 0. The molecule has 6 nitrogen and oxygen atoms in total. The molecule has 1 aromatic rings. The van der Waals surface area contributed by atoms with Crippen LogP contribution < -0.4 is 22.5 Å². The van der Waals surface area contributed by atoms with Gasteiger partial charge in [-0.2, -0.15) is 0 Å². The molecular weight excluding hydrogens is 172 g/mol. The monoisotopic (exact) mass is 184 g/mol. The van der Waals surface area contributed by atoms with Crippen LogP contribution in [-0.2, 0) is 6.54 Å². The van der Waals surface area contributed by atoms with Crippen LogP contribution in [0.1, 0.15) is 13.3 Å². The minimum atomic E-state index is -0.442. The second kappa shape index (κ2) is 3.90. The van der Waals surface area contributed by atoms with Gasteiger partial charge in [-0.25, -0.2) is 10.6 Å². The van der Waals surface area contributed by atoms with E-state index in [0.29, 0.717) is 6.54 Å². The standard InChI is InChI=1S/C7H12N4O2/c1-2-3-11-6(12)4-5(10-8)9-7(11)13/h4,10H,2-3,8H2,1H3,(H,9,13). The van der Waals surface area contributed by atoms with Crippen molar-refractivity contribution < 1.29 is 0 Å². The third-order valence-corrected chi connectivity index (χ3v) is 1.62. The number of nitrogens with one attached hydrogen (secondary N) is 2. The molecule has 0 spiro atoms. The SMILES string of the molecule is CCCn1c(=O)cc(NN)[nH]c1=O. The molecule has 6 heteroatoms. The van der Waals surface area contributed by atoms with Crippen LogP contribution in [-0.4, -0.2) is 9.55 Å². The summed E-state index contributed by atoms with van der Waals surface area (Å²) in [6, 6.07) is 1.25. The smallest absolute Gasteiger partial charge is 0.310 e. The lowest BCUT2D eigenvalue weighted by Crippen LogP contribution is -2.35. The van der Waals surface area contributed by atoms with Crippen molar-refractivity contribution in [3.05, 3.63) is 26.9 Å². The molecule has 13 heavy (non-hydrogen) atoms. The van der Waals surface area contributed by atoms with Crippen LogP contribution >= 0.6 is 0 Å². The molecule has 1 aromatic heterocycles. The molecule has 1 heterocycles. The van der Waals surface area contributed by atoms with Crippen LogP contribution in [0.3, 0.4) is 0 Å². The summed E-state index contributed by atoms with van der Waals surface area (Å²) in [5, 5.41) is 0. The number of H-pyrrole nitrogens is 1. The summed E-state index contributed by atoms with van der Waals surface area (Å²) < 4.78 is 1.13. The predicted octanol–water partition coefficient (Wildman–Crippen LogP) is -0.768. The summed E-state index contributed by atoms with van der Waals surface area (Å²) in [5.41, 5.74) is 1.42. The Labute approximate surface area is 74.4 Å². The van der Waals surface area contributed by atoms with Crippen LogP contribution in [0.15, 0.2) is 15.7 Å². The van der Waals surface area contributed by atoms with Crippen molar-refractivity contribution in [3.8, 4) is 0 Å². The lowest BCUT2D eigenvalue weighted by Gasteiger charge is -2.03. The van der Waals surface area contributed by atoms with E-state index in [1.807, 2.05) is 6.92 Å². The number of rotatable bonds is 3. The van der Waals surface area contributed by atoms with Gasteiger partial charge in [0.25, 0.3) is 5.56 Å². The van der Waals surface area contributed by atoms with Gasteiger partial charge < -0.3 is 5.43 Å². The van der Waals surface area contributed by atoms with Crippen molar-refractivity contribution in [3.63, 3.8) is 0 Å². The maximum Gasteiger partial charge on any atom is 0.329 e. The quantitative estimate of drug-likeness (QED) is 0.425. The summed E-state index contributed by atoms with van der Waals surface area (Å²) >= 11 is 0. The van der Waals surface area contributed by atoms with Crippen LogP contribution in [0, 0.1) is 0 Å². The number of aromatic amines is 1. The van der Waals surface area contributed by atoms with E-state index in [0.717, 1.165) is 11.0 Å². The number of nitrogens with two attached hydrogens (primary N) is 1. The van der Waals surface area contributed by atoms with Crippen LogP contribution in [0.25, 0.3) is 0 Å². The predicted molar refractivity (Wildman–Crippen MR) is 49.4 cm³/mol. The largest absolute Gasteiger partial charge is 0.329 e. The first-order chi connectivity index (χ1) is 6.19. The molecule has 0 unspecified atom stereocenters. The Hall–Kier alpha value is -1.56. The number of hydrazine groups is 1. The van der Waals surface area contributed by atoms with E-state index >= 15 is 0 Å². The zero-order valence-electron chi connectivity index (χ0n) is 7.33. The molecule has 72 valence electrons. The fourth-order valence-electron chi connectivity index (χ4n) is 1.03. The van der Waals surface area contributed by atoms with Gasteiger partial charge in [0.15, 0.2) is 0 Å². The summed E-state index contributed by atoms with van der Waals surface area (Å²) in [6.45, 7) is 2.31. The number of nitrogen functional groups attached to an aromatic ring is 1. The molecule has 0 aliphatic heterocycles. The lowest BCUT2D eigenvalue weighted by atomic mass is 10.4. The van der Waals surface area contributed by atoms with Crippen molar-refractivity contribution in [1.82, 2.24) is 9.55 Å². The van der Waals surface area contributed by atoms with Crippen molar-refractivity contribution in [1.29, 1.82) is 0 Å². The molecule has 1 rings (SSSR count). The van der Waals surface area contributed by atoms with E-state index in [2.05, 4.69) is 10.4 Å². The van der Waals surface area contributed by atoms with Gasteiger partial charge in [-0.15, -0.1) is 0 Å². The highest BCUT2D eigenvalue weighted by Gasteiger charge is 2.01. The van der Waals surface area contributed by atoms with E-state index in [1.54, 1.807) is 0 Å². The molecular formula is C7H12N4O2. The highest BCUT2D eigenvalue weighted by atomic mass is 16.2. The van der Waals surface area contributed by atoms with E-state index in [-0.39, 0.29) is 11.4 Å². The van der Waals surface area contributed by atoms with E-state index in [9.17, 15) is 9.59 Å². The van der Waals surface area contributed by atoms with Gasteiger partial charge in [0, 0.05) is 12.6 Å². The summed E-state index contributed by atoms with van der Waals surface area (Å²) in [4.78, 5) is 24.9. The number of hydrogen-bond acceptors (Lipinski definition) is 4. The first kappa shape index (κ1) is 9.53. The maximum atomic E-state index is 11.3.